The van der Waals surface area contributed by atoms with Gasteiger partial charge >= 0.3 is 0 Å². The second-order valence-electron chi connectivity index (χ2n) is 3.05. The van der Waals surface area contributed by atoms with Gasteiger partial charge in [0.25, 0.3) is 0 Å². The zero-order valence-electron chi connectivity index (χ0n) is 9.46. The van der Waals surface area contributed by atoms with Gasteiger partial charge in [-0.25, -0.2) is 0 Å². The van der Waals surface area contributed by atoms with Gasteiger partial charge in [0.2, 0.25) is 0 Å². The van der Waals surface area contributed by atoms with Gasteiger partial charge in [-0.15, -0.1) is 5.92 Å². The molecule has 80 valence electrons. The van der Waals surface area contributed by atoms with Crippen molar-refractivity contribution in [2.24, 2.45) is 0 Å². The van der Waals surface area contributed by atoms with E-state index in [0.717, 1.165) is 17.9 Å². The maximum absolute atomic E-state index is 5.47. The van der Waals surface area contributed by atoms with E-state index in [-0.39, 0.29) is 0 Å². The normalized spacial score (nSPS) is 9.00. The van der Waals surface area contributed by atoms with E-state index >= 15 is 0 Å². The first kappa shape index (κ1) is 11.5. The monoisotopic (exact) mass is 204 g/mol. The summed E-state index contributed by atoms with van der Waals surface area (Å²) >= 11 is 0. The second-order valence-corrected chi connectivity index (χ2v) is 3.05. The molecule has 0 aliphatic carbocycles. The Labute approximate surface area is 91.2 Å². The Morgan fingerprint density at radius 2 is 2.07 bits per heavy atom. The van der Waals surface area contributed by atoms with Gasteiger partial charge in [-0.05, 0) is 31.0 Å². The van der Waals surface area contributed by atoms with Gasteiger partial charge in [0.15, 0.2) is 11.5 Å². The molecule has 1 aromatic rings. The Hall–Kier alpha value is -1.62. The van der Waals surface area contributed by atoms with Crippen LogP contribution in [0.5, 0.6) is 11.5 Å². The third kappa shape index (κ3) is 3.21. The molecule has 2 nitrogen and oxygen atoms in total. The molecule has 0 amide bonds. The van der Waals surface area contributed by atoms with Gasteiger partial charge in [0.1, 0.15) is 6.61 Å². The Balaban J connectivity index is 2.81. The minimum atomic E-state index is 0.401. The maximum atomic E-state index is 5.47. The van der Waals surface area contributed by atoms with Crippen LogP contribution in [0.3, 0.4) is 0 Å². The number of hydrogen-bond donors (Lipinski definition) is 0. The van der Waals surface area contributed by atoms with Crippen LogP contribution in [0.4, 0.5) is 0 Å². The summed E-state index contributed by atoms with van der Waals surface area (Å²) in [5, 5.41) is 0. The van der Waals surface area contributed by atoms with Crippen LogP contribution in [-0.2, 0) is 6.42 Å². The summed E-state index contributed by atoms with van der Waals surface area (Å²) in [5.74, 6) is 7.15. The van der Waals surface area contributed by atoms with Crippen molar-refractivity contribution < 1.29 is 9.47 Å². The predicted octanol–water partition coefficient (Wildman–Crippen LogP) is 2.66. The lowest BCUT2D eigenvalue weighted by Gasteiger charge is -2.09. The predicted molar refractivity (Wildman–Crippen MR) is 61.3 cm³/mol. The molecular formula is C13H16O2. The average Bonchev–Trinajstić information content (AvgIpc) is 2.29. The third-order valence-electron chi connectivity index (χ3n) is 2.11. The van der Waals surface area contributed by atoms with Gasteiger partial charge < -0.3 is 9.47 Å². The van der Waals surface area contributed by atoms with Crippen LogP contribution in [-0.4, -0.2) is 13.7 Å². The molecule has 0 aliphatic rings. The quantitative estimate of drug-likeness (QED) is 0.702. The number of ether oxygens (including phenoxy) is 2. The van der Waals surface area contributed by atoms with Crippen molar-refractivity contribution in [2.45, 2.75) is 20.3 Å². The lowest BCUT2D eigenvalue weighted by Crippen LogP contribution is -1.97. The molecule has 0 radical (unpaired) electrons. The molecule has 0 fully saturated rings. The molecule has 0 saturated heterocycles. The molecule has 0 spiro atoms. The van der Waals surface area contributed by atoms with Crippen molar-refractivity contribution in [3.63, 3.8) is 0 Å². The molecule has 0 atom stereocenters. The van der Waals surface area contributed by atoms with E-state index in [4.69, 9.17) is 9.47 Å². The largest absolute Gasteiger partial charge is 0.493 e. The van der Waals surface area contributed by atoms with Crippen LogP contribution < -0.4 is 9.47 Å². The van der Waals surface area contributed by atoms with E-state index in [0.29, 0.717) is 6.61 Å². The number of hydrogen-bond acceptors (Lipinski definition) is 2. The standard InChI is InChI=1S/C13H16O2/c1-4-6-9-15-12-8-7-11(5-2)10-13(12)14-3/h7-8,10H,5,9H2,1-3H3. The molecule has 15 heavy (non-hydrogen) atoms. The Morgan fingerprint density at radius 3 is 2.67 bits per heavy atom. The van der Waals surface area contributed by atoms with Crippen molar-refractivity contribution in [3.05, 3.63) is 23.8 Å². The molecule has 0 bridgehead atoms. The highest BCUT2D eigenvalue weighted by Gasteiger charge is 2.03. The summed E-state index contributed by atoms with van der Waals surface area (Å²) in [6.07, 6.45) is 0.991. The summed E-state index contributed by atoms with van der Waals surface area (Å²) < 4.78 is 10.7. The molecule has 0 saturated carbocycles. The van der Waals surface area contributed by atoms with Crippen LogP contribution in [0.15, 0.2) is 18.2 Å². The molecule has 2 heteroatoms. The highest BCUT2D eigenvalue weighted by atomic mass is 16.5. The summed E-state index contributed by atoms with van der Waals surface area (Å²) in [5.41, 5.74) is 1.24. The van der Waals surface area contributed by atoms with Crippen molar-refractivity contribution >= 4 is 0 Å². The van der Waals surface area contributed by atoms with E-state index < -0.39 is 0 Å². The number of rotatable bonds is 4. The number of benzene rings is 1. The van der Waals surface area contributed by atoms with Gasteiger partial charge in [0.05, 0.1) is 7.11 Å². The van der Waals surface area contributed by atoms with Gasteiger partial charge in [0, 0.05) is 0 Å². The lowest BCUT2D eigenvalue weighted by molar-refractivity contribution is 0.330. The Kier molecular flexibility index (Phi) is 4.56. The van der Waals surface area contributed by atoms with Crippen LogP contribution in [0.25, 0.3) is 0 Å². The van der Waals surface area contributed by atoms with Crippen LogP contribution >= 0.6 is 0 Å². The lowest BCUT2D eigenvalue weighted by atomic mass is 10.1. The summed E-state index contributed by atoms with van der Waals surface area (Å²) in [6.45, 7) is 4.30. The van der Waals surface area contributed by atoms with Gasteiger partial charge in [-0.2, -0.15) is 0 Å². The minimum Gasteiger partial charge on any atom is -0.493 e. The molecule has 1 rings (SSSR count). The van der Waals surface area contributed by atoms with Crippen LogP contribution in [0, 0.1) is 11.8 Å². The molecule has 0 unspecified atom stereocenters. The molecule has 0 aliphatic heterocycles. The molecule has 1 aromatic carbocycles. The van der Waals surface area contributed by atoms with E-state index in [1.54, 1.807) is 14.0 Å². The topological polar surface area (TPSA) is 18.5 Å². The van der Waals surface area contributed by atoms with Crippen LogP contribution in [0.1, 0.15) is 19.4 Å². The highest BCUT2D eigenvalue weighted by molar-refractivity contribution is 5.43. The first-order chi connectivity index (χ1) is 7.31. The van der Waals surface area contributed by atoms with Crippen molar-refractivity contribution in [1.82, 2.24) is 0 Å². The minimum absolute atomic E-state index is 0.401. The van der Waals surface area contributed by atoms with Gasteiger partial charge in [-0.1, -0.05) is 18.9 Å². The van der Waals surface area contributed by atoms with Gasteiger partial charge in [-0.3, -0.25) is 0 Å². The second kappa shape index (κ2) is 5.98. The van der Waals surface area contributed by atoms with E-state index in [1.165, 1.54) is 5.56 Å². The summed E-state index contributed by atoms with van der Waals surface area (Å²) in [7, 11) is 1.65. The molecular weight excluding hydrogens is 188 g/mol. The van der Waals surface area contributed by atoms with E-state index in [2.05, 4.69) is 18.8 Å². The van der Waals surface area contributed by atoms with Crippen molar-refractivity contribution in [3.8, 4) is 23.3 Å². The number of methoxy groups -OCH3 is 1. The molecule has 0 N–H and O–H groups in total. The van der Waals surface area contributed by atoms with Crippen molar-refractivity contribution in [2.75, 3.05) is 13.7 Å². The smallest absolute Gasteiger partial charge is 0.162 e. The fraction of sp³-hybridized carbons (Fsp3) is 0.385. The Bertz CT molecular complexity index is 372. The summed E-state index contributed by atoms with van der Waals surface area (Å²) in [6, 6.07) is 5.96. The molecule has 0 aromatic heterocycles. The zero-order chi connectivity index (χ0) is 11.1. The molecule has 0 heterocycles. The van der Waals surface area contributed by atoms with Crippen LogP contribution in [0.2, 0.25) is 0 Å². The third-order valence-corrected chi connectivity index (χ3v) is 2.11. The van der Waals surface area contributed by atoms with E-state index in [1.807, 2.05) is 18.2 Å². The average molecular weight is 204 g/mol. The highest BCUT2D eigenvalue weighted by Crippen LogP contribution is 2.27. The Morgan fingerprint density at radius 1 is 1.27 bits per heavy atom. The maximum Gasteiger partial charge on any atom is 0.162 e. The van der Waals surface area contributed by atoms with E-state index in [9.17, 15) is 0 Å². The first-order valence-electron chi connectivity index (χ1n) is 5.01. The SMILES string of the molecule is CC#CCOc1ccc(CC)cc1OC. The first-order valence-corrected chi connectivity index (χ1v) is 5.01. The fourth-order valence-corrected chi connectivity index (χ4v) is 1.24. The van der Waals surface area contributed by atoms with Crippen molar-refractivity contribution in [1.29, 1.82) is 0 Å². The fourth-order valence-electron chi connectivity index (χ4n) is 1.24. The number of aryl methyl sites for hydroxylation is 1. The summed E-state index contributed by atoms with van der Waals surface area (Å²) in [4.78, 5) is 0. The zero-order valence-corrected chi connectivity index (χ0v) is 9.46.